The molecule has 142 valence electrons. The number of carbonyl (C=O) groups excluding carboxylic acids is 2. The number of hydrogen-bond acceptors (Lipinski definition) is 4. The molecule has 2 N–H and O–H groups in total. The molecule has 27 heavy (non-hydrogen) atoms. The summed E-state index contributed by atoms with van der Waals surface area (Å²) in [7, 11) is 3.10. The van der Waals surface area contributed by atoms with E-state index in [-0.39, 0.29) is 23.7 Å². The number of rotatable bonds is 8. The number of carbonyl (C=O) groups is 2. The average molecular weight is 368 g/mol. The van der Waals surface area contributed by atoms with Gasteiger partial charge in [0.15, 0.2) is 11.5 Å². The van der Waals surface area contributed by atoms with Crippen LogP contribution in [0.1, 0.15) is 12.0 Å². The van der Waals surface area contributed by atoms with E-state index < -0.39 is 0 Å². The van der Waals surface area contributed by atoms with Crippen molar-refractivity contribution in [2.45, 2.75) is 12.8 Å². The SMILES string of the molecule is COc1ccc(NC(=O)C2CC2C(=O)NCCc2ccccc2)cc1OC. The Balaban J connectivity index is 1.46. The molecule has 2 aromatic rings. The molecular weight excluding hydrogens is 344 g/mol. The quantitative estimate of drug-likeness (QED) is 0.751. The molecule has 2 amide bonds. The van der Waals surface area contributed by atoms with Crippen molar-refractivity contribution >= 4 is 17.5 Å². The molecular formula is C21H24N2O4. The molecule has 3 rings (SSSR count). The van der Waals surface area contributed by atoms with Gasteiger partial charge in [-0.15, -0.1) is 0 Å². The largest absolute Gasteiger partial charge is 0.493 e. The van der Waals surface area contributed by atoms with Crippen LogP contribution in [-0.2, 0) is 16.0 Å². The summed E-state index contributed by atoms with van der Waals surface area (Å²) >= 11 is 0. The van der Waals surface area contributed by atoms with Crippen molar-refractivity contribution in [2.75, 3.05) is 26.1 Å². The summed E-state index contributed by atoms with van der Waals surface area (Å²) in [5.74, 6) is 0.401. The van der Waals surface area contributed by atoms with Crippen LogP contribution in [0.4, 0.5) is 5.69 Å². The van der Waals surface area contributed by atoms with Crippen LogP contribution in [0.15, 0.2) is 48.5 Å². The van der Waals surface area contributed by atoms with Crippen LogP contribution in [-0.4, -0.2) is 32.6 Å². The number of amides is 2. The zero-order valence-electron chi connectivity index (χ0n) is 15.5. The van der Waals surface area contributed by atoms with E-state index in [0.29, 0.717) is 30.2 Å². The molecule has 1 fully saturated rings. The maximum Gasteiger partial charge on any atom is 0.228 e. The first-order valence-corrected chi connectivity index (χ1v) is 8.97. The predicted molar refractivity (Wildman–Crippen MR) is 103 cm³/mol. The topological polar surface area (TPSA) is 76.7 Å². The fourth-order valence-corrected chi connectivity index (χ4v) is 3.03. The predicted octanol–water partition coefficient (Wildman–Crippen LogP) is 2.64. The Morgan fingerprint density at radius 3 is 2.37 bits per heavy atom. The molecule has 1 aliphatic rings. The van der Waals surface area contributed by atoms with E-state index in [0.717, 1.165) is 6.42 Å². The lowest BCUT2D eigenvalue weighted by Crippen LogP contribution is -2.29. The Labute approximate surface area is 158 Å². The van der Waals surface area contributed by atoms with E-state index in [9.17, 15) is 9.59 Å². The van der Waals surface area contributed by atoms with Gasteiger partial charge in [-0.25, -0.2) is 0 Å². The molecule has 6 nitrogen and oxygen atoms in total. The molecule has 0 heterocycles. The van der Waals surface area contributed by atoms with Gasteiger partial charge < -0.3 is 20.1 Å². The lowest BCUT2D eigenvalue weighted by Gasteiger charge is -2.10. The first-order chi connectivity index (χ1) is 13.1. The van der Waals surface area contributed by atoms with Crippen LogP contribution in [0.5, 0.6) is 11.5 Å². The molecule has 1 saturated carbocycles. The molecule has 0 aromatic heterocycles. The van der Waals surface area contributed by atoms with Crippen LogP contribution >= 0.6 is 0 Å². The average Bonchev–Trinajstić information content (AvgIpc) is 3.50. The summed E-state index contributed by atoms with van der Waals surface area (Å²) in [5, 5.41) is 5.76. The van der Waals surface area contributed by atoms with Crippen LogP contribution in [0.2, 0.25) is 0 Å². The molecule has 0 saturated heterocycles. The van der Waals surface area contributed by atoms with Crippen LogP contribution < -0.4 is 20.1 Å². The van der Waals surface area contributed by atoms with E-state index in [1.54, 1.807) is 32.4 Å². The van der Waals surface area contributed by atoms with E-state index in [4.69, 9.17) is 9.47 Å². The first kappa shape index (κ1) is 18.8. The van der Waals surface area contributed by atoms with Gasteiger partial charge in [0.25, 0.3) is 0 Å². The highest BCUT2D eigenvalue weighted by Crippen LogP contribution is 2.40. The highest BCUT2D eigenvalue weighted by molar-refractivity contribution is 5.99. The molecule has 2 aromatic carbocycles. The van der Waals surface area contributed by atoms with Gasteiger partial charge in [-0.05, 0) is 30.5 Å². The Hall–Kier alpha value is -3.02. The maximum absolute atomic E-state index is 12.4. The molecule has 0 aliphatic heterocycles. The minimum atomic E-state index is -0.283. The second-order valence-corrected chi connectivity index (χ2v) is 6.53. The van der Waals surface area contributed by atoms with Crippen molar-refractivity contribution in [1.29, 1.82) is 0 Å². The van der Waals surface area contributed by atoms with Crippen molar-refractivity contribution in [3.8, 4) is 11.5 Å². The zero-order valence-corrected chi connectivity index (χ0v) is 15.5. The third-order valence-corrected chi connectivity index (χ3v) is 4.67. The molecule has 0 bridgehead atoms. The van der Waals surface area contributed by atoms with Gasteiger partial charge in [0.1, 0.15) is 0 Å². The van der Waals surface area contributed by atoms with Crippen LogP contribution in [0, 0.1) is 11.8 Å². The third kappa shape index (κ3) is 4.78. The second kappa shape index (κ2) is 8.58. The number of anilines is 1. The Bertz CT molecular complexity index is 807. The molecule has 1 aliphatic carbocycles. The van der Waals surface area contributed by atoms with Crippen molar-refractivity contribution < 1.29 is 19.1 Å². The van der Waals surface area contributed by atoms with E-state index in [1.807, 2.05) is 30.3 Å². The van der Waals surface area contributed by atoms with Crippen LogP contribution in [0.3, 0.4) is 0 Å². The van der Waals surface area contributed by atoms with Gasteiger partial charge in [-0.1, -0.05) is 30.3 Å². The highest BCUT2D eigenvalue weighted by atomic mass is 16.5. The van der Waals surface area contributed by atoms with Gasteiger partial charge in [-0.3, -0.25) is 9.59 Å². The number of benzene rings is 2. The third-order valence-electron chi connectivity index (χ3n) is 4.67. The van der Waals surface area contributed by atoms with E-state index in [2.05, 4.69) is 10.6 Å². The second-order valence-electron chi connectivity index (χ2n) is 6.53. The molecule has 0 radical (unpaired) electrons. The van der Waals surface area contributed by atoms with Crippen LogP contribution in [0.25, 0.3) is 0 Å². The summed E-state index contributed by atoms with van der Waals surface area (Å²) in [6.45, 7) is 0.573. The van der Waals surface area contributed by atoms with Gasteiger partial charge in [-0.2, -0.15) is 0 Å². The molecule has 6 heteroatoms. The lowest BCUT2D eigenvalue weighted by atomic mass is 10.1. The fourth-order valence-electron chi connectivity index (χ4n) is 3.03. The summed E-state index contributed by atoms with van der Waals surface area (Å²) in [5.41, 5.74) is 1.80. The van der Waals surface area contributed by atoms with Crippen molar-refractivity contribution in [2.24, 2.45) is 11.8 Å². The molecule has 2 atom stereocenters. The minimum absolute atomic E-state index is 0.0570. The van der Waals surface area contributed by atoms with E-state index in [1.165, 1.54) is 5.56 Å². The van der Waals surface area contributed by atoms with E-state index >= 15 is 0 Å². The van der Waals surface area contributed by atoms with Gasteiger partial charge in [0.05, 0.1) is 26.1 Å². The van der Waals surface area contributed by atoms with Crippen molar-refractivity contribution in [3.05, 3.63) is 54.1 Å². The highest BCUT2D eigenvalue weighted by Gasteiger charge is 2.47. The fraction of sp³-hybridized carbons (Fsp3) is 0.333. The Kier molecular flexibility index (Phi) is 5.96. The lowest BCUT2D eigenvalue weighted by molar-refractivity contribution is -0.125. The minimum Gasteiger partial charge on any atom is -0.493 e. The Morgan fingerprint density at radius 2 is 1.67 bits per heavy atom. The maximum atomic E-state index is 12.4. The van der Waals surface area contributed by atoms with Crippen molar-refractivity contribution in [3.63, 3.8) is 0 Å². The van der Waals surface area contributed by atoms with Crippen molar-refractivity contribution in [1.82, 2.24) is 5.32 Å². The smallest absolute Gasteiger partial charge is 0.228 e. The summed E-state index contributed by atoms with van der Waals surface area (Å²) < 4.78 is 10.4. The summed E-state index contributed by atoms with van der Waals surface area (Å²) in [4.78, 5) is 24.6. The summed E-state index contributed by atoms with van der Waals surface area (Å²) in [6.07, 6.45) is 1.36. The number of hydrogen-bond donors (Lipinski definition) is 2. The normalized spacial score (nSPS) is 17.7. The van der Waals surface area contributed by atoms with Gasteiger partial charge >= 0.3 is 0 Å². The standard InChI is InChI=1S/C21H24N2O4/c1-26-18-9-8-15(12-19(18)27-2)23-21(25)17-13-16(17)20(24)22-11-10-14-6-4-3-5-7-14/h3-9,12,16-17H,10-11,13H2,1-2H3,(H,22,24)(H,23,25). The molecule has 0 spiro atoms. The molecule has 2 unspecified atom stereocenters. The number of methoxy groups -OCH3 is 2. The number of nitrogens with one attached hydrogen (secondary N) is 2. The van der Waals surface area contributed by atoms with Gasteiger partial charge in [0.2, 0.25) is 11.8 Å². The Morgan fingerprint density at radius 1 is 0.963 bits per heavy atom. The summed E-state index contributed by atoms with van der Waals surface area (Å²) in [6, 6.07) is 15.2. The number of ether oxygens (including phenoxy) is 2. The first-order valence-electron chi connectivity index (χ1n) is 8.97. The van der Waals surface area contributed by atoms with Gasteiger partial charge in [0, 0.05) is 18.3 Å². The zero-order chi connectivity index (χ0) is 19.2. The monoisotopic (exact) mass is 368 g/mol.